The van der Waals surface area contributed by atoms with Crippen molar-refractivity contribution in [3.8, 4) is 0 Å². The quantitative estimate of drug-likeness (QED) is 0.781. The summed E-state index contributed by atoms with van der Waals surface area (Å²) in [5.41, 5.74) is 5.94. The maximum Gasteiger partial charge on any atom is 0.242 e. The predicted molar refractivity (Wildman–Crippen MR) is 72.1 cm³/mol. The van der Waals surface area contributed by atoms with Crippen LogP contribution in [-0.4, -0.2) is 27.7 Å². The molecule has 1 unspecified atom stereocenters. The van der Waals surface area contributed by atoms with Crippen LogP contribution >= 0.6 is 11.6 Å². The van der Waals surface area contributed by atoms with E-state index >= 15 is 0 Å². The van der Waals surface area contributed by atoms with Crippen molar-refractivity contribution >= 4 is 27.3 Å². The molecule has 0 aliphatic heterocycles. The minimum atomic E-state index is -3.65. The molecule has 7 heteroatoms. The minimum Gasteiger partial charge on any atom is -0.399 e. The average molecular weight is 293 g/mol. The monoisotopic (exact) mass is 292 g/mol. The number of nitrogens with one attached hydrogen (secondary N) is 1. The number of ether oxygens (including phenoxy) is 1. The van der Waals surface area contributed by atoms with Gasteiger partial charge in [-0.05, 0) is 32.0 Å². The van der Waals surface area contributed by atoms with Crippen molar-refractivity contribution in [2.45, 2.75) is 24.8 Å². The van der Waals surface area contributed by atoms with Crippen molar-refractivity contribution in [2.75, 3.05) is 18.9 Å². The summed E-state index contributed by atoms with van der Waals surface area (Å²) in [6.07, 6.45) is 0. The summed E-state index contributed by atoms with van der Waals surface area (Å²) in [7, 11) is -3.65. The van der Waals surface area contributed by atoms with Crippen LogP contribution in [0.2, 0.25) is 5.02 Å². The second-order valence-electron chi connectivity index (χ2n) is 3.87. The lowest BCUT2D eigenvalue weighted by Crippen LogP contribution is -2.36. The second kappa shape index (κ2) is 6.38. The SMILES string of the molecule is CCOCC(C)NS(=O)(=O)c1ccc(N)cc1Cl. The molecule has 0 heterocycles. The first-order valence-electron chi connectivity index (χ1n) is 5.52. The average Bonchev–Trinajstić information content (AvgIpc) is 2.25. The van der Waals surface area contributed by atoms with E-state index in [2.05, 4.69) is 4.72 Å². The second-order valence-corrected chi connectivity index (χ2v) is 5.96. The normalized spacial score (nSPS) is 13.5. The molecule has 102 valence electrons. The maximum atomic E-state index is 12.0. The van der Waals surface area contributed by atoms with Gasteiger partial charge in [0.2, 0.25) is 10.0 Å². The molecule has 0 aromatic heterocycles. The molecule has 0 spiro atoms. The number of hydrogen-bond donors (Lipinski definition) is 2. The van der Waals surface area contributed by atoms with Crippen molar-refractivity contribution < 1.29 is 13.2 Å². The van der Waals surface area contributed by atoms with Gasteiger partial charge in [-0.3, -0.25) is 0 Å². The van der Waals surface area contributed by atoms with Crippen molar-refractivity contribution in [3.05, 3.63) is 23.2 Å². The van der Waals surface area contributed by atoms with E-state index in [1.54, 1.807) is 6.92 Å². The van der Waals surface area contributed by atoms with Crippen molar-refractivity contribution in [1.29, 1.82) is 0 Å². The first kappa shape index (κ1) is 15.2. The van der Waals surface area contributed by atoms with E-state index in [4.69, 9.17) is 22.1 Å². The summed E-state index contributed by atoms with van der Waals surface area (Å²) in [4.78, 5) is 0.0155. The van der Waals surface area contributed by atoms with Crippen LogP contribution in [0.15, 0.2) is 23.1 Å². The molecule has 1 rings (SSSR count). The lowest BCUT2D eigenvalue weighted by atomic mass is 10.3. The zero-order valence-electron chi connectivity index (χ0n) is 10.3. The molecule has 0 aliphatic carbocycles. The van der Waals surface area contributed by atoms with Crippen LogP contribution in [0.1, 0.15) is 13.8 Å². The zero-order chi connectivity index (χ0) is 13.8. The van der Waals surface area contributed by atoms with E-state index in [0.717, 1.165) is 0 Å². The summed E-state index contributed by atoms with van der Waals surface area (Å²) in [5, 5.41) is 0.103. The number of anilines is 1. The highest BCUT2D eigenvalue weighted by atomic mass is 35.5. The largest absolute Gasteiger partial charge is 0.399 e. The van der Waals surface area contributed by atoms with Gasteiger partial charge < -0.3 is 10.5 Å². The lowest BCUT2D eigenvalue weighted by Gasteiger charge is -2.14. The van der Waals surface area contributed by atoms with Gasteiger partial charge in [0.05, 0.1) is 11.6 Å². The summed E-state index contributed by atoms with van der Waals surface area (Å²) in [6, 6.07) is 3.95. The van der Waals surface area contributed by atoms with Crippen LogP contribution < -0.4 is 10.5 Å². The number of rotatable bonds is 6. The van der Waals surface area contributed by atoms with Crippen molar-refractivity contribution in [2.24, 2.45) is 0 Å². The van der Waals surface area contributed by atoms with Crippen LogP contribution in [0.3, 0.4) is 0 Å². The highest BCUT2D eigenvalue weighted by Crippen LogP contribution is 2.23. The zero-order valence-corrected chi connectivity index (χ0v) is 11.9. The van der Waals surface area contributed by atoms with Gasteiger partial charge in [0, 0.05) is 18.3 Å². The molecule has 0 bridgehead atoms. The molecule has 5 nitrogen and oxygen atoms in total. The van der Waals surface area contributed by atoms with Gasteiger partial charge in [-0.1, -0.05) is 11.6 Å². The molecule has 18 heavy (non-hydrogen) atoms. The molecular formula is C11H17ClN2O3S. The van der Waals surface area contributed by atoms with Crippen LogP contribution in [0.4, 0.5) is 5.69 Å². The number of nitrogens with two attached hydrogens (primary N) is 1. The number of nitrogen functional groups attached to an aromatic ring is 1. The fraction of sp³-hybridized carbons (Fsp3) is 0.455. The molecule has 1 aromatic carbocycles. The Morgan fingerprint density at radius 2 is 2.17 bits per heavy atom. The van der Waals surface area contributed by atoms with Gasteiger partial charge in [-0.25, -0.2) is 13.1 Å². The van der Waals surface area contributed by atoms with Crippen molar-refractivity contribution in [1.82, 2.24) is 4.72 Å². The van der Waals surface area contributed by atoms with Crippen LogP contribution in [0.25, 0.3) is 0 Å². The van der Waals surface area contributed by atoms with Crippen LogP contribution in [0.5, 0.6) is 0 Å². The van der Waals surface area contributed by atoms with E-state index in [1.807, 2.05) is 6.92 Å². The van der Waals surface area contributed by atoms with Crippen LogP contribution in [0, 0.1) is 0 Å². The molecule has 0 aliphatic rings. The first-order chi connectivity index (χ1) is 8.36. The van der Waals surface area contributed by atoms with Gasteiger partial charge in [0.15, 0.2) is 0 Å². The summed E-state index contributed by atoms with van der Waals surface area (Å²) < 4.78 is 31.7. The minimum absolute atomic E-state index is 0.0155. The molecule has 0 saturated heterocycles. The van der Waals surface area contributed by atoms with Gasteiger partial charge in [0.25, 0.3) is 0 Å². The lowest BCUT2D eigenvalue weighted by molar-refractivity contribution is 0.133. The van der Waals surface area contributed by atoms with E-state index in [1.165, 1.54) is 18.2 Å². The number of sulfonamides is 1. The first-order valence-corrected chi connectivity index (χ1v) is 7.38. The molecule has 0 fully saturated rings. The Morgan fingerprint density at radius 1 is 1.50 bits per heavy atom. The Hall–Kier alpha value is -0.820. The number of hydrogen-bond acceptors (Lipinski definition) is 4. The Morgan fingerprint density at radius 3 is 2.72 bits per heavy atom. The van der Waals surface area contributed by atoms with Crippen LogP contribution in [-0.2, 0) is 14.8 Å². The molecule has 0 amide bonds. The molecule has 0 saturated carbocycles. The fourth-order valence-electron chi connectivity index (χ4n) is 1.39. The summed E-state index contributed by atoms with van der Waals surface area (Å²) >= 11 is 5.87. The highest BCUT2D eigenvalue weighted by Gasteiger charge is 2.20. The standard InChI is InChI=1S/C11H17ClN2O3S/c1-3-17-7-8(2)14-18(15,16)11-5-4-9(13)6-10(11)12/h4-6,8,14H,3,7,13H2,1-2H3. The Labute approximate surface area is 112 Å². The van der Waals surface area contributed by atoms with Gasteiger partial charge in [-0.2, -0.15) is 0 Å². The van der Waals surface area contributed by atoms with E-state index in [0.29, 0.717) is 18.9 Å². The predicted octanol–water partition coefficient (Wildman–Crippen LogP) is 1.63. The molecule has 3 N–H and O–H groups in total. The maximum absolute atomic E-state index is 12.0. The van der Waals surface area contributed by atoms with E-state index in [-0.39, 0.29) is 16.0 Å². The van der Waals surface area contributed by atoms with Crippen molar-refractivity contribution in [3.63, 3.8) is 0 Å². The number of benzene rings is 1. The Kier molecular flexibility index (Phi) is 5.40. The van der Waals surface area contributed by atoms with Gasteiger partial charge >= 0.3 is 0 Å². The third-order valence-electron chi connectivity index (χ3n) is 2.17. The number of halogens is 1. The Bertz CT molecular complexity index is 505. The molecular weight excluding hydrogens is 276 g/mol. The van der Waals surface area contributed by atoms with Gasteiger partial charge in [-0.15, -0.1) is 0 Å². The third kappa shape index (κ3) is 4.13. The summed E-state index contributed by atoms with van der Waals surface area (Å²) in [5.74, 6) is 0. The van der Waals surface area contributed by atoms with E-state index in [9.17, 15) is 8.42 Å². The smallest absolute Gasteiger partial charge is 0.242 e. The Balaban J connectivity index is 2.86. The third-order valence-corrected chi connectivity index (χ3v) is 4.25. The molecule has 0 radical (unpaired) electrons. The molecule has 1 aromatic rings. The van der Waals surface area contributed by atoms with Gasteiger partial charge in [0.1, 0.15) is 4.90 Å². The topological polar surface area (TPSA) is 81.4 Å². The fourth-order valence-corrected chi connectivity index (χ4v) is 3.17. The highest BCUT2D eigenvalue weighted by molar-refractivity contribution is 7.89. The van der Waals surface area contributed by atoms with E-state index < -0.39 is 10.0 Å². The summed E-state index contributed by atoms with van der Waals surface area (Å²) in [6.45, 7) is 4.41. The molecule has 1 atom stereocenters.